The number of rotatable bonds is 6. The molecule has 0 aliphatic heterocycles. The molecule has 2 aromatic rings. The van der Waals surface area contributed by atoms with Gasteiger partial charge < -0.3 is 0 Å². The lowest BCUT2D eigenvalue weighted by molar-refractivity contribution is 0.416. The van der Waals surface area contributed by atoms with Crippen LogP contribution in [0.2, 0.25) is 0 Å². The molecule has 0 aliphatic rings. The van der Waals surface area contributed by atoms with Crippen LogP contribution in [-0.2, 0) is 0 Å². The molecule has 19 heavy (non-hydrogen) atoms. The van der Waals surface area contributed by atoms with E-state index < -0.39 is 0 Å². The largest absolute Gasteiger partial charge is 0.0654 e. The predicted octanol–water partition coefficient (Wildman–Crippen LogP) is 5.64. The molecule has 0 heterocycles. The van der Waals surface area contributed by atoms with E-state index in [4.69, 9.17) is 0 Å². The van der Waals surface area contributed by atoms with Gasteiger partial charge in [0.2, 0.25) is 0 Å². The summed E-state index contributed by atoms with van der Waals surface area (Å²) in [6.45, 7) is 4.61. The van der Waals surface area contributed by atoms with Crippen molar-refractivity contribution < 1.29 is 0 Å². The van der Waals surface area contributed by atoms with Crippen LogP contribution < -0.4 is 0 Å². The molecular formula is C19H24. The quantitative estimate of drug-likeness (QED) is 0.623. The Hall–Kier alpha value is -1.56. The molecule has 0 amide bonds. The molecule has 0 saturated heterocycles. The Kier molecular flexibility index (Phi) is 5.20. The number of hydrogen-bond donors (Lipinski definition) is 0. The zero-order valence-corrected chi connectivity index (χ0v) is 12.0. The summed E-state index contributed by atoms with van der Waals surface area (Å²) in [7, 11) is 0. The summed E-state index contributed by atoms with van der Waals surface area (Å²) in [6.07, 6.45) is 3.79. The first-order valence-corrected chi connectivity index (χ1v) is 7.46. The van der Waals surface area contributed by atoms with Crippen LogP contribution in [0.15, 0.2) is 60.7 Å². The van der Waals surface area contributed by atoms with Crippen LogP contribution in [-0.4, -0.2) is 0 Å². The number of hydrogen-bond acceptors (Lipinski definition) is 0. The van der Waals surface area contributed by atoms with Crippen molar-refractivity contribution in [2.45, 2.75) is 39.0 Å². The highest BCUT2D eigenvalue weighted by atomic mass is 14.3. The Morgan fingerprint density at radius 3 is 1.58 bits per heavy atom. The van der Waals surface area contributed by atoms with Crippen molar-refractivity contribution in [1.82, 2.24) is 0 Å². The fraction of sp³-hybridized carbons (Fsp3) is 0.368. The summed E-state index contributed by atoms with van der Waals surface area (Å²) < 4.78 is 0. The van der Waals surface area contributed by atoms with E-state index >= 15 is 0 Å². The normalized spacial score (nSPS) is 12.6. The molecule has 0 fully saturated rings. The highest BCUT2D eigenvalue weighted by Crippen LogP contribution is 2.36. The molecule has 0 spiro atoms. The minimum atomic E-state index is 0.535. The maximum Gasteiger partial charge on any atom is 0.0117 e. The Morgan fingerprint density at radius 1 is 0.737 bits per heavy atom. The zero-order valence-electron chi connectivity index (χ0n) is 12.0. The fourth-order valence-corrected chi connectivity index (χ4v) is 3.03. The molecule has 0 bridgehead atoms. The standard InChI is InChI=1S/C19H24/c1-3-11-16(4-2)19(17-12-7-5-8-13-17)18-14-9-6-10-15-18/h5-10,12-16,19H,3-4,11H2,1-2H3. The molecule has 2 aromatic carbocycles. The van der Waals surface area contributed by atoms with Gasteiger partial charge in [-0.1, -0.05) is 87.4 Å². The topological polar surface area (TPSA) is 0 Å². The van der Waals surface area contributed by atoms with Gasteiger partial charge in [0.15, 0.2) is 0 Å². The zero-order chi connectivity index (χ0) is 13.5. The van der Waals surface area contributed by atoms with Gasteiger partial charge >= 0.3 is 0 Å². The molecule has 1 atom stereocenters. The monoisotopic (exact) mass is 252 g/mol. The van der Waals surface area contributed by atoms with E-state index in [0.717, 1.165) is 5.92 Å². The highest BCUT2D eigenvalue weighted by molar-refractivity contribution is 5.33. The minimum Gasteiger partial charge on any atom is -0.0654 e. The van der Waals surface area contributed by atoms with Crippen LogP contribution >= 0.6 is 0 Å². The van der Waals surface area contributed by atoms with E-state index in [2.05, 4.69) is 74.5 Å². The minimum absolute atomic E-state index is 0.535. The van der Waals surface area contributed by atoms with E-state index in [1.807, 2.05) is 0 Å². The van der Waals surface area contributed by atoms with Crippen LogP contribution in [0.25, 0.3) is 0 Å². The molecule has 0 aliphatic carbocycles. The van der Waals surface area contributed by atoms with Crippen LogP contribution in [0.5, 0.6) is 0 Å². The van der Waals surface area contributed by atoms with Crippen LogP contribution in [0, 0.1) is 5.92 Å². The third kappa shape index (κ3) is 3.47. The van der Waals surface area contributed by atoms with Crippen LogP contribution in [0.1, 0.15) is 50.2 Å². The second-order valence-corrected chi connectivity index (χ2v) is 5.26. The third-order valence-electron chi connectivity index (χ3n) is 3.97. The van der Waals surface area contributed by atoms with Crippen molar-refractivity contribution in [3.8, 4) is 0 Å². The van der Waals surface area contributed by atoms with Crippen molar-refractivity contribution in [1.29, 1.82) is 0 Å². The summed E-state index contributed by atoms with van der Waals surface area (Å²) in [5.41, 5.74) is 2.91. The molecule has 1 unspecified atom stereocenters. The average Bonchev–Trinajstić information content (AvgIpc) is 2.49. The van der Waals surface area contributed by atoms with Gasteiger partial charge in [-0.3, -0.25) is 0 Å². The van der Waals surface area contributed by atoms with E-state index in [1.165, 1.54) is 30.4 Å². The Labute approximate surface area is 117 Å². The Morgan fingerprint density at radius 2 is 1.21 bits per heavy atom. The average molecular weight is 252 g/mol. The molecule has 0 N–H and O–H groups in total. The molecule has 100 valence electrons. The molecule has 0 heteroatoms. The first-order valence-electron chi connectivity index (χ1n) is 7.46. The summed E-state index contributed by atoms with van der Waals surface area (Å²) >= 11 is 0. The van der Waals surface area contributed by atoms with Crippen molar-refractivity contribution in [3.63, 3.8) is 0 Å². The van der Waals surface area contributed by atoms with Crippen molar-refractivity contribution in [3.05, 3.63) is 71.8 Å². The smallest absolute Gasteiger partial charge is 0.0117 e. The summed E-state index contributed by atoms with van der Waals surface area (Å²) in [5.74, 6) is 1.27. The van der Waals surface area contributed by atoms with Crippen LogP contribution in [0.4, 0.5) is 0 Å². The van der Waals surface area contributed by atoms with Gasteiger partial charge in [-0.15, -0.1) is 0 Å². The predicted molar refractivity (Wildman–Crippen MR) is 83.4 cm³/mol. The Balaban J connectivity index is 2.38. The fourth-order valence-electron chi connectivity index (χ4n) is 3.03. The molecule has 0 saturated carbocycles. The van der Waals surface area contributed by atoms with Gasteiger partial charge in [-0.25, -0.2) is 0 Å². The van der Waals surface area contributed by atoms with Crippen LogP contribution in [0.3, 0.4) is 0 Å². The van der Waals surface area contributed by atoms with Gasteiger partial charge in [-0.2, -0.15) is 0 Å². The lowest BCUT2D eigenvalue weighted by Gasteiger charge is -2.27. The molecule has 0 radical (unpaired) electrons. The summed E-state index contributed by atoms with van der Waals surface area (Å²) in [6, 6.07) is 21.9. The summed E-state index contributed by atoms with van der Waals surface area (Å²) in [5, 5.41) is 0. The molecular weight excluding hydrogens is 228 g/mol. The SMILES string of the molecule is CCCC(CC)C(c1ccccc1)c1ccccc1. The van der Waals surface area contributed by atoms with E-state index in [9.17, 15) is 0 Å². The van der Waals surface area contributed by atoms with E-state index in [-0.39, 0.29) is 0 Å². The number of benzene rings is 2. The first kappa shape index (κ1) is 13.9. The van der Waals surface area contributed by atoms with Crippen molar-refractivity contribution >= 4 is 0 Å². The van der Waals surface area contributed by atoms with Gasteiger partial charge in [0.05, 0.1) is 0 Å². The maximum atomic E-state index is 2.32. The second-order valence-electron chi connectivity index (χ2n) is 5.26. The van der Waals surface area contributed by atoms with Gasteiger partial charge in [-0.05, 0) is 23.5 Å². The molecule has 0 aromatic heterocycles. The van der Waals surface area contributed by atoms with Gasteiger partial charge in [0.25, 0.3) is 0 Å². The lowest BCUT2D eigenvalue weighted by Crippen LogP contribution is -2.13. The lowest BCUT2D eigenvalue weighted by atomic mass is 9.77. The van der Waals surface area contributed by atoms with Gasteiger partial charge in [0, 0.05) is 5.92 Å². The summed E-state index contributed by atoms with van der Waals surface area (Å²) in [4.78, 5) is 0. The van der Waals surface area contributed by atoms with Gasteiger partial charge in [0.1, 0.15) is 0 Å². The molecule has 2 rings (SSSR count). The Bertz CT molecular complexity index is 418. The maximum absolute atomic E-state index is 2.32. The first-order chi connectivity index (χ1) is 9.36. The highest BCUT2D eigenvalue weighted by Gasteiger charge is 2.22. The van der Waals surface area contributed by atoms with E-state index in [1.54, 1.807) is 0 Å². The second kappa shape index (κ2) is 7.13. The third-order valence-corrected chi connectivity index (χ3v) is 3.97. The van der Waals surface area contributed by atoms with Crippen molar-refractivity contribution in [2.24, 2.45) is 5.92 Å². The van der Waals surface area contributed by atoms with Crippen molar-refractivity contribution in [2.75, 3.05) is 0 Å². The van der Waals surface area contributed by atoms with E-state index in [0.29, 0.717) is 5.92 Å². The molecule has 0 nitrogen and oxygen atoms in total.